The summed E-state index contributed by atoms with van der Waals surface area (Å²) < 4.78 is 10.9. The van der Waals surface area contributed by atoms with Gasteiger partial charge in [-0.2, -0.15) is 0 Å². The number of ether oxygens (including phenoxy) is 1. The molecule has 0 spiro atoms. The van der Waals surface area contributed by atoms with Crippen LogP contribution in [0.4, 0.5) is 0 Å². The lowest BCUT2D eigenvalue weighted by Crippen LogP contribution is -2.21. The van der Waals surface area contributed by atoms with E-state index in [0.29, 0.717) is 6.42 Å². The molecule has 2 aromatic rings. The molecule has 0 fully saturated rings. The van der Waals surface area contributed by atoms with Crippen molar-refractivity contribution in [1.82, 2.24) is 0 Å². The van der Waals surface area contributed by atoms with E-state index in [-0.39, 0.29) is 0 Å². The summed E-state index contributed by atoms with van der Waals surface area (Å²) in [5.74, 6) is 1.57. The third-order valence-electron chi connectivity index (χ3n) is 2.40. The summed E-state index contributed by atoms with van der Waals surface area (Å²) in [6.07, 6.45) is 0.491. The Balaban J connectivity index is 2.44. The largest absolute Gasteiger partial charge is 0.496 e. The van der Waals surface area contributed by atoms with Crippen LogP contribution >= 0.6 is 0 Å². The average molecular weight is 220 g/mol. The summed E-state index contributed by atoms with van der Waals surface area (Å²) in [6, 6.07) is 7.60. The zero-order valence-electron chi connectivity index (χ0n) is 9.78. The Hall–Kier alpha value is -1.48. The van der Waals surface area contributed by atoms with Crippen molar-refractivity contribution in [3.63, 3.8) is 0 Å². The average Bonchev–Trinajstić information content (AvgIpc) is 2.56. The lowest BCUT2D eigenvalue weighted by atomic mass is 10.0. The molecule has 0 aliphatic rings. The Morgan fingerprint density at radius 1 is 1.38 bits per heavy atom. The first-order chi connectivity index (χ1) is 7.49. The Morgan fingerprint density at radius 2 is 2.12 bits per heavy atom. The lowest BCUT2D eigenvalue weighted by molar-refractivity contribution is 0.0757. The van der Waals surface area contributed by atoms with Crippen LogP contribution in [0.5, 0.6) is 5.75 Å². The first-order valence-electron chi connectivity index (χ1n) is 5.27. The van der Waals surface area contributed by atoms with E-state index >= 15 is 0 Å². The predicted molar refractivity (Wildman–Crippen MR) is 62.8 cm³/mol. The maximum atomic E-state index is 9.73. The maximum Gasteiger partial charge on any atom is 0.138 e. The molecule has 0 aliphatic carbocycles. The molecule has 3 nitrogen and oxygen atoms in total. The number of hydrogen-bond acceptors (Lipinski definition) is 3. The van der Waals surface area contributed by atoms with E-state index in [9.17, 15) is 5.11 Å². The number of fused-ring (bicyclic) bond motifs is 1. The molecule has 0 saturated carbocycles. The molecule has 0 amide bonds. The van der Waals surface area contributed by atoms with Gasteiger partial charge in [-0.3, -0.25) is 0 Å². The van der Waals surface area contributed by atoms with Gasteiger partial charge in [0.1, 0.15) is 17.1 Å². The third kappa shape index (κ3) is 2.19. The minimum atomic E-state index is -0.763. The molecule has 16 heavy (non-hydrogen) atoms. The Labute approximate surface area is 94.6 Å². The van der Waals surface area contributed by atoms with E-state index in [1.165, 1.54) is 0 Å². The van der Waals surface area contributed by atoms with Gasteiger partial charge >= 0.3 is 0 Å². The molecule has 0 unspecified atom stereocenters. The van der Waals surface area contributed by atoms with Crippen molar-refractivity contribution >= 4 is 11.0 Å². The molecule has 0 aliphatic heterocycles. The standard InChI is InChI=1S/C13H16O3/c1-13(2,14)8-9-7-10-11(15-3)5-4-6-12(10)16-9/h4-7,14H,8H2,1-3H3. The van der Waals surface area contributed by atoms with Crippen LogP contribution in [0, 0.1) is 0 Å². The normalized spacial score (nSPS) is 12.0. The van der Waals surface area contributed by atoms with Crippen molar-refractivity contribution in [2.75, 3.05) is 7.11 Å². The van der Waals surface area contributed by atoms with Crippen LogP contribution in [0.15, 0.2) is 28.7 Å². The van der Waals surface area contributed by atoms with Crippen molar-refractivity contribution in [1.29, 1.82) is 0 Å². The van der Waals surface area contributed by atoms with Crippen molar-refractivity contribution < 1.29 is 14.3 Å². The minimum Gasteiger partial charge on any atom is -0.496 e. The van der Waals surface area contributed by atoms with E-state index in [4.69, 9.17) is 9.15 Å². The van der Waals surface area contributed by atoms with Crippen molar-refractivity contribution in [3.8, 4) is 5.75 Å². The Kier molecular flexibility index (Phi) is 2.64. The lowest BCUT2D eigenvalue weighted by Gasteiger charge is -2.14. The molecule has 0 atom stereocenters. The molecule has 86 valence electrons. The zero-order valence-corrected chi connectivity index (χ0v) is 9.78. The highest BCUT2D eigenvalue weighted by atomic mass is 16.5. The third-order valence-corrected chi connectivity index (χ3v) is 2.40. The zero-order chi connectivity index (χ0) is 11.8. The number of methoxy groups -OCH3 is 1. The topological polar surface area (TPSA) is 42.6 Å². The fraction of sp³-hybridized carbons (Fsp3) is 0.385. The summed E-state index contributed by atoms with van der Waals surface area (Å²) in [5, 5.41) is 10.7. The van der Waals surface area contributed by atoms with E-state index in [2.05, 4.69) is 0 Å². The molecular weight excluding hydrogens is 204 g/mol. The van der Waals surface area contributed by atoms with Gasteiger partial charge in [0.15, 0.2) is 0 Å². The summed E-state index contributed by atoms with van der Waals surface area (Å²) >= 11 is 0. The fourth-order valence-electron chi connectivity index (χ4n) is 1.78. The highest BCUT2D eigenvalue weighted by Gasteiger charge is 2.17. The fourth-order valence-corrected chi connectivity index (χ4v) is 1.78. The first-order valence-corrected chi connectivity index (χ1v) is 5.27. The minimum absolute atomic E-state index is 0.491. The van der Waals surface area contributed by atoms with Crippen LogP contribution in [0.25, 0.3) is 11.0 Å². The van der Waals surface area contributed by atoms with Gasteiger partial charge in [0, 0.05) is 6.42 Å². The number of benzene rings is 1. The molecule has 1 N–H and O–H groups in total. The van der Waals surface area contributed by atoms with Gasteiger partial charge in [-0.15, -0.1) is 0 Å². The van der Waals surface area contributed by atoms with Crippen LogP contribution < -0.4 is 4.74 Å². The maximum absolute atomic E-state index is 9.73. The quantitative estimate of drug-likeness (QED) is 0.864. The smallest absolute Gasteiger partial charge is 0.138 e. The Bertz CT molecular complexity index is 491. The summed E-state index contributed by atoms with van der Waals surface area (Å²) in [7, 11) is 1.64. The molecule has 3 heteroatoms. The van der Waals surface area contributed by atoms with Crippen molar-refractivity contribution in [2.45, 2.75) is 25.9 Å². The molecule has 1 heterocycles. The molecule has 0 radical (unpaired) electrons. The van der Waals surface area contributed by atoms with Crippen LogP contribution in [0.1, 0.15) is 19.6 Å². The number of aliphatic hydroxyl groups is 1. The van der Waals surface area contributed by atoms with Crippen molar-refractivity contribution in [2.24, 2.45) is 0 Å². The molecule has 2 rings (SSSR count). The van der Waals surface area contributed by atoms with Crippen LogP contribution in [0.2, 0.25) is 0 Å². The number of hydrogen-bond donors (Lipinski definition) is 1. The molecular formula is C13H16O3. The number of furan rings is 1. The predicted octanol–water partition coefficient (Wildman–Crippen LogP) is 2.75. The summed E-state index contributed by atoms with van der Waals surface area (Å²) in [6.45, 7) is 3.52. The SMILES string of the molecule is COc1cccc2oc(CC(C)(C)O)cc12. The van der Waals surface area contributed by atoms with E-state index in [0.717, 1.165) is 22.5 Å². The van der Waals surface area contributed by atoms with Gasteiger partial charge < -0.3 is 14.3 Å². The van der Waals surface area contributed by atoms with Crippen LogP contribution in [-0.4, -0.2) is 17.8 Å². The van der Waals surface area contributed by atoms with E-state index < -0.39 is 5.60 Å². The summed E-state index contributed by atoms with van der Waals surface area (Å²) in [5.41, 5.74) is 0.0276. The second-order valence-corrected chi connectivity index (χ2v) is 4.57. The first kappa shape index (κ1) is 11.0. The van der Waals surface area contributed by atoms with Gasteiger partial charge in [0.25, 0.3) is 0 Å². The van der Waals surface area contributed by atoms with E-state index in [1.54, 1.807) is 21.0 Å². The van der Waals surface area contributed by atoms with Gasteiger partial charge in [-0.1, -0.05) is 6.07 Å². The summed E-state index contributed by atoms with van der Waals surface area (Å²) in [4.78, 5) is 0. The highest BCUT2D eigenvalue weighted by Crippen LogP contribution is 2.29. The Morgan fingerprint density at radius 3 is 2.75 bits per heavy atom. The van der Waals surface area contributed by atoms with Gasteiger partial charge in [0.05, 0.1) is 18.1 Å². The van der Waals surface area contributed by atoms with Gasteiger partial charge in [0.2, 0.25) is 0 Å². The van der Waals surface area contributed by atoms with E-state index in [1.807, 2.05) is 24.3 Å². The molecule has 0 saturated heterocycles. The second-order valence-electron chi connectivity index (χ2n) is 4.57. The highest BCUT2D eigenvalue weighted by molar-refractivity contribution is 5.84. The van der Waals surface area contributed by atoms with Gasteiger partial charge in [-0.25, -0.2) is 0 Å². The molecule has 0 bridgehead atoms. The van der Waals surface area contributed by atoms with Crippen LogP contribution in [0.3, 0.4) is 0 Å². The van der Waals surface area contributed by atoms with Crippen molar-refractivity contribution in [3.05, 3.63) is 30.0 Å². The molecule has 1 aromatic carbocycles. The molecule has 1 aromatic heterocycles. The number of rotatable bonds is 3. The monoisotopic (exact) mass is 220 g/mol. The van der Waals surface area contributed by atoms with Gasteiger partial charge in [-0.05, 0) is 32.0 Å². The second kappa shape index (κ2) is 3.83. The van der Waals surface area contributed by atoms with Crippen LogP contribution in [-0.2, 0) is 6.42 Å².